The molecule has 1 aliphatic rings. The summed E-state index contributed by atoms with van der Waals surface area (Å²) < 4.78 is 6.03. The van der Waals surface area contributed by atoms with Crippen molar-refractivity contribution in [2.75, 3.05) is 20.1 Å². The Kier molecular flexibility index (Phi) is 4.37. The molecule has 0 saturated carbocycles. The van der Waals surface area contributed by atoms with Gasteiger partial charge in [0.05, 0.1) is 5.56 Å². The molecule has 1 heterocycles. The number of ketones is 1. The van der Waals surface area contributed by atoms with Crippen molar-refractivity contribution in [1.82, 2.24) is 4.90 Å². The molecule has 1 aromatic rings. The number of hydrogen-bond donors (Lipinski definition) is 0. The number of rotatable bonds is 3. The van der Waals surface area contributed by atoms with Gasteiger partial charge in [0, 0.05) is 6.54 Å². The summed E-state index contributed by atoms with van der Waals surface area (Å²) in [6.07, 6.45) is 3.48. The zero-order chi connectivity index (χ0) is 13.0. The third-order valence-electron chi connectivity index (χ3n) is 3.46. The molecule has 98 valence electrons. The minimum Gasteiger partial charge on any atom is -0.490 e. The molecule has 1 unspecified atom stereocenters. The second-order valence-corrected chi connectivity index (χ2v) is 5.03. The van der Waals surface area contributed by atoms with Gasteiger partial charge in [-0.15, -0.1) is 0 Å². The average Bonchev–Trinajstić information content (AvgIpc) is 2.55. The Morgan fingerprint density at radius 2 is 2.06 bits per heavy atom. The Bertz CT molecular complexity index is 417. The molecule has 1 fully saturated rings. The van der Waals surface area contributed by atoms with E-state index < -0.39 is 0 Å². The van der Waals surface area contributed by atoms with Crippen molar-refractivity contribution in [2.24, 2.45) is 0 Å². The van der Waals surface area contributed by atoms with Crippen LogP contribution in [0.15, 0.2) is 24.3 Å². The van der Waals surface area contributed by atoms with Gasteiger partial charge in [-0.2, -0.15) is 0 Å². The first-order valence-corrected chi connectivity index (χ1v) is 6.62. The molecular formula is C15H21NO2. The predicted molar refractivity (Wildman–Crippen MR) is 72.2 cm³/mol. The quantitative estimate of drug-likeness (QED) is 0.769. The average molecular weight is 247 g/mol. The number of carbonyl (C=O) groups is 1. The largest absolute Gasteiger partial charge is 0.490 e. The lowest BCUT2D eigenvalue weighted by atomic mass is 10.1. The van der Waals surface area contributed by atoms with E-state index in [1.165, 1.54) is 0 Å². The van der Waals surface area contributed by atoms with Crippen LogP contribution in [0.25, 0.3) is 0 Å². The van der Waals surface area contributed by atoms with Crippen LogP contribution in [0.5, 0.6) is 5.75 Å². The first-order valence-electron chi connectivity index (χ1n) is 6.62. The van der Waals surface area contributed by atoms with Crippen molar-refractivity contribution in [3.63, 3.8) is 0 Å². The number of nitrogens with zero attached hydrogens (tertiary/aromatic N) is 1. The van der Waals surface area contributed by atoms with Gasteiger partial charge >= 0.3 is 0 Å². The normalized spacial score (nSPS) is 21.3. The van der Waals surface area contributed by atoms with E-state index in [0.717, 1.165) is 38.1 Å². The smallest absolute Gasteiger partial charge is 0.163 e. The number of ether oxygens (including phenoxy) is 1. The number of carbonyl (C=O) groups excluding carboxylic acids is 1. The van der Waals surface area contributed by atoms with E-state index in [2.05, 4.69) is 11.9 Å². The summed E-state index contributed by atoms with van der Waals surface area (Å²) in [5.74, 6) is 0.802. The van der Waals surface area contributed by atoms with Gasteiger partial charge in [-0.25, -0.2) is 0 Å². The zero-order valence-electron chi connectivity index (χ0n) is 11.2. The third-order valence-corrected chi connectivity index (χ3v) is 3.46. The van der Waals surface area contributed by atoms with Crippen molar-refractivity contribution in [1.29, 1.82) is 0 Å². The second kappa shape index (κ2) is 6.01. The molecule has 0 spiro atoms. The summed E-state index contributed by atoms with van der Waals surface area (Å²) in [6, 6.07) is 7.53. The highest BCUT2D eigenvalue weighted by Gasteiger charge is 2.18. The lowest BCUT2D eigenvalue weighted by Gasteiger charge is -2.19. The van der Waals surface area contributed by atoms with E-state index in [1.807, 2.05) is 24.3 Å². The standard InChI is InChI=1S/C15H21NO2/c1-12(17)14-7-3-4-8-15(14)18-13-6-5-10-16(2)11-9-13/h3-4,7-8,13H,5-6,9-11H2,1-2H3. The molecule has 0 bridgehead atoms. The fourth-order valence-corrected chi connectivity index (χ4v) is 2.37. The van der Waals surface area contributed by atoms with Crippen molar-refractivity contribution in [3.8, 4) is 5.75 Å². The fraction of sp³-hybridized carbons (Fsp3) is 0.533. The topological polar surface area (TPSA) is 29.5 Å². The Labute approximate surface area is 109 Å². The Hall–Kier alpha value is -1.35. The Balaban J connectivity index is 2.06. The summed E-state index contributed by atoms with van der Waals surface area (Å²) in [5, 5.41) is 0. The van der Waals surface area contributed by atoms with E-state index >= 15 is 0 Å². The van der Waals surface area contributed by atoms with Crippen LogP contribution in [0.4, 0.5) is 0 Å². The van der Waals surface area contributed by atoms with Crippen LogP contribution in [-0.2, 0) is 0 Å². The molecule has 18 heavy (non-hydrogen) atoms. The van der Waals surface area contributed by atoms with Crippen LogP contribution >= 0.6 is 0 Å². The predicted octanol–water partition coefficient (Wildman–Crippen LogP) is 2.75. The van der Waals surface area contributed by atoms with Gasteiger partial charge in [0.15, 0.2) is 5.78 Å². The van der Waals surface area contributed by atoms with Gasteiger partial charge in [-0.1, -0.05) is 12.1 Å². The highest BCUT2D eigenvalue weighted by atomic mass is 16.5. The maximum absolute atomic E-state index is 11.5. The summed E-state index contributed by atoms with van der Waals surface area (Å²) in [5.41, 5.74) is 0.690. The van der Waals surface area contributed by atoms with E-state index in [9.17, 15) is 4.79 Å². The highest BCUT2D eigenvalue weighted by Crippen LogP contribution is 2.23. The van der Waals surface area contributed by atoms with Crippen molar-refractivity contribution < 1.29 is 9.53 Å². The van der Waals surface area contributed by atoms with Gasteiger partial charge in [0.1, 0.15) is 11.9 Å². The molecule has 3 nitrogen and oxygen atoms in total. The van der Waals surface area contributed by atoms with Gasteiger partial charge in [0.2, 0.25) is 0 Å². The Morgan fingerprint density at radius 3 is 2.83 bits per heavy atom. The Morgan fingerprint density at radius 1 is 1.28 bits per heavy atom. The summed E-state index contributed by atoms with van der Waals surface area (Å²) in [6.45, 7) is 3.78. The number of likely N-dealkylation sites (tertiary alicyclic amines) is 1. The first-order chi connectivity index (χ1) is 8.66. The van der Waals surface area contributed by atoms with Crippen molar-refractivity contribution in [3.05, 3.63) is 29.8 Å². The van der Waals surface area contributed by atoms with Crippen LogP contribution in [0.1, 0.15) is 36.5 Å². The minimum atomic E-state index is 0.0661. The van der Waals surface area contributed by atoms with Crippen LogP contribution in [0, 0.1) is 0 Å². The van der Waals surface area contributed by atoms with Crippen molar-refractivity contribution in [2.45, 2.75) is 32.3 Å². The van der Waals surface area contributed by atoms with Crippen LogP contribution in [0.2, 0.25) is 0 Å². The van der Waals surface area contributed by atoms with Gasteiger partial charge in [-0.05, 0) is 51.9 Å². The number of hydrogen-bond acceptors (Lipinski definition) is 3. The molecule has 0 N–H and O–H groups in total. The second-order valence-electron chi connectivity index (χ2n) is 5.03. The van der Waals surface area contributed by atoms with Crippen LogP contribution < -0.4 is 4.74 Å². The fourth-order valence-electron chi connectivity index (χ4n) is 2.37. The molecule has 1 saturated heterocycles. The molecule has 0 amide bonds. The molecule has 1 atom stereocenters. The van der Waals surface area contributed by atoms with E-state index in [0.29, 0.717) is 5.56 Å². The molecule has 1 aliphatic heterocycles. The summed E-state index contributed by atoms with van der Waals surface area (Å²) in [7, 11) is 2.14. The number of para-hydroxylation sites is 1. The molecule has 0 radical (unpaired) electrons. The molecular weight excluding hydrogens is 226 g/mol. The summed E-state index contributed by atoms with van der Waals surface area (Å²) in [4.78, 5) is 13.9. The maximum atomic E-state index is 11.5. The maximum Gasteiger partial charge on any atom is 0.163 e. The molecule has 2 rings (SSSR count). The summed E-state index contributed by atoms with van der Waals surface area (Å²) >= 11 is 0. The SMILES string of the molecule is CC(=O)c1ccccc1OC1CCCN(C)CC1. The molecule has 1 aromatic carbocycles. The van der Waals surface area contributed by atoms with E-state index in [4.69, 9.17) is 4.74 Å². The number of Topliss-reactive ketones (excluding diaryl/α,β-unsaturated/α-hetero) is 1. The number of benzene rings is 1. The third kappa shape index (κ3) is 3.33. The van der Waals surface area contributed by atoms with Crippen molar-refractivity contribution >= 4 is 5.78 Å². The molecule has 0 aromatic heterocycles. The van der Waals surface area contributed by atoms with Gasteiger partial charge in [0.25, 0.3) is 0 Å². The highest BCUT2D eigenvalue weighted by molar-refractivity contribution is 5.96. The lowest BCUT2D eigenvalue weighted by Crippen LogP contribution is -2.22. The molecule has 0 aliphatic carbocycles. The first kappa shape index (κ1) is 13.1. The van der Waals surface area contributed by atoms with Crippen LogP contribution in [-0.4, -0.2) is 36.9 Å². The van der Waals surface area contributed by atoms with Gasteiger partial charge in [-0.3, -0.25) is 4.79 Å². The minimum absolute atomic E-state index is 0.0661. The molecule has 3 heteroatoms. The lowest BCUT2D eigenvalue weighted by molar-refractivity contribution is 0.100. The van der Waals surface area contributed by atoms with E-state index in [-0.39, 0.29) is 11.9 Å². The van der Waals surface area contributed by atoms with Crippen LogP contribution in [0.3, 0.4) is 0 Å². The monoisotopic (exact) mass is 247 g/mol. The van der Waals surface area contributed by atoms with Gasteiger partial charge < -0.3 is 9.64 Å². The zero-order valence-corrected chi connectivity index (χ0v) is 11.2. The van der Waals surface area contributed by atoms with E-state index in [1.54, 1.807) is 6.92 Å².